The molecule has 0 fully saturated rings. The maximum absolute atomic E-state index is 5.22. The van der Waals surface area contributed by atoms with Crippen LogP contribution in [0.25, 0.3) is 0 Å². The van der Waals surface area contributed by atoms with Gasteiger partial charge in [-0.05, 0) is 26.7 Å². The molecule has 0 aliphatic rings. The molecule has 2 nitrogen and oxygen atoms in total. The average Bonchev–Trinajstić information content (AvgIpc) is 2.15. The van der Waals surface area contributed by atoms with E-state index in [9.17, 15) is 0 Å². The van der Waals surface area contributed by atoms with E-state index >= 15 is 0 Å². The molecule has 0 amide bonds. The Kier molecular flexibility index (Phi) is 21.2. The van der Waals surface area contributed by atoms with Crippen LogP contribution in [0.4, 0.5) is 0 Å². The molecule has 0 bridgehead atoms. The van der Waals surface area contributed by atoms with Crippen molar-refractivity contribution in [1.82, 2.24) is 0 Å². The first-order chi connectivity index (χ1) is 6.33. The Labute approximate surface area is 83.6 Å². The van der Waals surface area contributed by atoms with Gasteiger partial charge >= 0.3 is 0 Å². The van der Waals surface area contributed by atoms with Gasteiger partial charge < -0.3 is 9.47 Å². The first-order valence-electron chi connectivity index (χ1n) is 5.48. The van der Waals surface area contributed by atoms with Crippen molar-refractivity contribution >= 4 is 0 Å². The number of hydrogen-bond donors (Lipinski definition) is 0. The van der Waals surface area contributed by atoms with E-state index in [4.69, 9.17) is 9.47 Å². The predicted molar refractivity (Wildman–Crippen MR) is 58.2 cm³/mol. The number of rotatable bonds is 7. The zero-order valence-electron chi connectivity index (χ0n) is 9.77. The highest BCUT2D eigenvalue weighted by Gasteiger charge is 1.81. The molecular formula is C11H26O2. The summed E-state index contributed by atoms with van der Waals surface area (Å²) in [7, 11) is 0. The van der Waals surface area contributed by atoms with Crippen molar-refractivity contribution in [3.63, 3.8) is 0 Å². The highest BCUT2D eigenvalue weighted by atomic mass is 16.5. The van der Waals surface area contributed by atoms with E-state index in [-0.39, 0.29) is 0 Å². The van der Waals surface area contributed by atoms with Gasteiger partial charge in [-0.1, -0.05) is 20.3 Å². The van der Waals surface area contributed by atoms with E-state index in [1.807, 2.05) is 13.8 Å². The van der Waals surface area contributed by atoms with Gasteiger partial charge in [0.25, 0.3) is 0 Å². The van der Waals surface area contributed by atoms with Gasteiger partial charge in [0.1, 0.15) is 0 Å². The Morgan fingerprint density at radius 1 is 0.692 bits per heavy atom. The smallest absolute Gasteiger partial charge is 0.0465 e. The molecule has 0 aromatic rings. The molecule has 0 aliphatic heterocycles. The SMILES string of the molecule is CCCCOCCC.CCOCC. The summed E-state index contributed by atoms with van der Waals surface area (Å²) < 4.78 is 10.1. The van der Waals surface area contributed by atoms with Crippen LogP contribution in [0.5, 0.6) is 0 Å². The molecule has 0 atom stereocenters. The highest BCUT2D eigenvalue weighted by Crippen LogP contribution is 1.88. The molecule has 0 heterocycles. The topological polar surface area (TPSA) is 18.5 Å². The molecule has 0 aromatic heterocycles. The summed E-state index contributed by atoms with van der Waals surface area (Å²) >= 11 is 0. The second-order valence-corrected chi connectivity index (χ2v) is 2.75. The van der Waals surface area contributed by atoms with E-state index in [0.717, 1.165) is 32.8 Å². The van der Waals surface area contributed by atoms with Gasteiger partial charge in [-0.15, -0.1) is 0 Å². The largest absolute Gasteiger partial charge is 0.382 e. The minimum Gasteiger partial charge on any atom is -0.382 e. The third-order valence-corrected chi connectivity index (χ3v) is 1.40. The van der Waals surface area contributed by atoms with Gasteiger partial charge in [0, 0.05) is 26.4 Å². The highest BCUT2D eigenvalue weighted by molar-refractivity contribution is 4.30. The molecule has 0 aromatic carbocycles. The lowest BCUT2D eigenvalue weighted by Crippen LogP contribution is -1.93. The van der Waals surface area contributed by atoms with Gasteiger partial charge in [0.15, 0.2) is 0 Å². The van der Waals surface area contributed by atoms with E-state index in [0.29, 0.717) is 0 Å². The lowest BCUT2D eigenvalue weighted by molar-refractivity contribution is 0.132. The van der Waals surface area contributed by atoms with Crippen molar-refractivity contribution in [2.24, 2.45) is 0 Å². The molecule has 2 heteroatoms. The Balaban J connectivity index is 0. The van der Waals surface area contributed by atoms with Gasteiger partial charge in [0.2, 0.25) is 0 Å². The zero-order chi connectivity index (χ0) is 10.4. The monoisotopic (exact) mass is 190 g/mol. The molecule has 0 spiro atoms. The summed E-state index contributed by atoms with van der Waals surface area (Å²) in [5.41, 5.74) is 0. The van der Waals surface area contributed by atoms with E-state index in [1.165, 1.54) is 12.8 Å². The fraction of sp³-hybridized carbons (Fsp3) is 1.00. The van der Waals surface area contributed by atoms with Gasteiger partial charge in [0.05, 0.1) is 0 Å². The van der Waals surface area contributed by atoms with E-state index in [1.54, 1.807) is 0 Å². The van der Waals surface area contributed by atoms with E-state index in [2.05, 4.69) is 13.8 Å². The molecule has 0 radical (unpaired) electrons. The van der Waals surface area contributed by atoms with Crippen molar-refractivity contribution in [3.8, 4) is 0 Å². The molecule has 0 saturated carbocycles. The van der Waals surface area contributed by atoms with Gasteiger partial charge in [-0.25, -0.2) is 0 Å². The molecule has 0 aliphatic carbocycles. The Morgan fingerprint density at radius 2 is 1.31 bits per heavy atom. The third kappa shape index (κ3) is 24.5. The Hall–Kier alpha value is -0.0800. The van der Waals surface area contributed by atoms with E-state index < -0.39 is 0 Å². The van der Waals surface area contributed by atoms with Crippen LogP contribution in [0.1, 0.15) is 47.0 Å². The van der Waals surface area contributed by atoms with Crippen molar-refractivity contribution < 1.29 is 9.47 Å². The van der Waals surface area contributed by atoms with Crippen molar-refractivity contribution in [2.75, 3.05) is 26.4 Å². The van der Waals surface area contributed by atoms with Gasteiger partial charge in [-0.3, -0.25) is 0 Å². The van der Waals surface area contributed by atoms with Crippen molar-refractivity contribution in [2.45, 2.75) is 47.0 Å². The Morgan fingerprint density at radius 3 is 1.62 bits per heavy atom. The lowest BCUT2D eigenvalue weighted by atomic mass is 10.4. The summed E-state index contributed by atoms with van der Waals surface area (Å²) in [5, 5.41) is 0. The second-order valence-electron chi connectivity index (χ2n) is 2.75. The first kappa shape index (κ1) is 15.4. The Bertz CT molecular complexity index is 57.1. The van der Waals surface area contributed by atoms with Crippen LogP contribution in [0.2, 0.25) is 0 Å². The summed E-state index contributed by atoms with van der Waals surface area (Å²) in [4.78, 5) is 0. The average molecular weight is 190 g/mol. The summed E-state index contributed by atoms with van der Waals surface area (Å²) in [6, 6.07) is 0. The van der Waals surface area contributed by atoms with Crippen molar-refractivity contribution in [1.29, 1.82) is 0 Å². The van der Waals surface area contributed by atoms with Crippen LogP contribution < -0.4 is 0 Å². The first-order valence-corrected chi connectivity index (χ1v) is 5.48. The van der Waals surface area contributed by atoms with Crippen LogP contribution in [0, 0.1) is 0 Å². The quantitative estimate of drug-likeness (QED) is 0.574. The maximum atomic E-state index is 5.22. The molecule has 0 saturated heterocycles. The van der Waals surface area contributed by atoms with Crippen LogP contribution in [0.15, 0.2) is 0 Å². The van der Waals surface area contributed by atoms with Crippen LogP contribution in [0.3, 0.4) is 0 Å². The number of hydrogen-bond acceptors (Lipinski definition) is 2. The second kappa shape index (κ2) is 17.9. The normalized spacial score (nSPS) is 9.23. The van der Waals surface area contributed by atoms with Crippen molar-refractivity contribution in [3.05, 3.63) is 0 Å². The molecule has 13 heavy (non-hydrogen) atoms. The minimum absolute atomic E-state index is 0.844. The number of unbranched alkanes of at least 4 members (excludes halogenated alkanes) is 1. The maximum Gasteiger partial charge on any atom is 0.0465 e. The molecule has 0 rings (SSSR count). The predicted octanol–water partition coefficient (Wildman–Crippen LogP) is 3.26. The summed E-state index contributed by atoms with van der Waals surface area (Å²) in [6.45, 7) is 11.9. The van der Waals surface area contributed by atoms with Crippen LogP contribution in [-0.4, -0.2) is 26.4 Å². The standard InChI is InChI=1S/C7H16O.C4H10O/c1-3-5-7-8-6-4-2;1-3-5-4-2/h3-7H2,1-2H3;3-4H2,1-2H3. The summed E-state index contributed by atoms with van der Waals surface area (Å²) in [5.74, 6) is 0. The fourth-order valence-electron chi connectivity index (χ4n) is 0.697. The zero-order valence-corrected chi connectivity index (χ0v) is 9.77. The third-order valence-electron chi connectivity index (χ3n) is 1.40. The molecule has 82 valence electrons. The summed E-state index contributed by atoms with van der Waals surface area (Å²) in [6.07, 6.45) is 3.59. The minimum atomic E-state index is 0.844. The van der Waals surface area contributed by atoms with Crippen LogP contribution in [-0.2, 0) is 9.47 Å². The van der Waals surface area contributed by atoms with Gasteiger partial charge in [-0.2, -0.15) is 0 Å². The molecule has 0 N–H and O–H groups in total. The fourth-order valence-corrected chi connectivity index (χ4v) is 0.697. The van der Waals surface area contributed by atoms with Crippen LogP contribution >= 0.6 is 0 Å². The number of ether oxygens (including phenoxy) is 2. The molecular weight excluding hydrogens is 164 g/mol. The lowest BCUT2D eigenvalue weighted by Gasteiger charge is -1.97. The molecule has 0 unspecified atom stereocenters.